The zero-order valence-electron chi connectivity index (χ0n) is 11.8. The minimum Gasteiger partial charge on any atom is -0.381 e. The summed E-state index contributed by atoms with van der Waals surface area (Å²) in [6, 6.07) is 9.93. The molecule has 5 heteroatoms. The topological polar surface area (TPSA) is 41.1 Å². The summed E-state index contributed by atoms with van der Waals surface area (Å²) >= 11 is 5.72. The number of rotatable bonds is 4. The molecule has 110 valence electrons. The summed E-state index contributed by atoms with van der Waals surface area (Å²) in [5.74, 6) is -0.469. The fraction of sp³-hybridized carbons (Fsp3) is 0.188. The fourth-order valence-electron chi connectivity index (χ4n) is 2.00. The van der Waals surface area contributed by atoms with Crippen LogP contribution >= 0.6 is 11.6 Å². The highest BCUT2D eigenvalue weighted by Gasteiger charge is 2.07. The number of hydrogen-bond acceptors (Lipinski definition) is 2. The van der Waals surface area contributed by atoms with Crippen molar-refractivity contribution in [2.75, 3.05) is 12.4 Å². The van der Waals surface area contributed by atoms with E-state index in [2.05, 4.69) is 10.6 Å². The maximum absolute atomic E-state index is 13.7. The van der Waals surface area contributed by atoms with Crippen molar-refractivity contribution in [2.45, 2.75) is 13.5 Å². The molecule has 0 fully saturated rings. The Morgan fingerprint density at radius 2 is 2.00 bits per heavy atom. The van der Waals surface area contributed by atoms with Crippen LogP contribution in [0.3, 0.4) is 0 Å². The summed E-state index contributed by atoms with van der Waals surface area (Å²) in [4.78, 5) is 11.5. The van der Waals surface area contributed by atoms with Crippen LogP contribution in [0.2, 0.25) is 5.02 Å². The molecule has 0 bridgehead atoms. The Bertz CT molecular complexity index is 673. The van der Waals surface area contributed by atoms with Crippen LogP contribution in [-0.4, -0.2) is 13.0 Å². The Morgan fingerprint density at radius 3 is 2.62 bits per heavy atom. The summed E-state index contributed by atoms with van der Waals surface area (Å²) in [6.07, 6.45) is 0. The van der Waals surface area contributed by atoms with Gasteiger partial charge in [0.05, 0.1) is 0 Å². The Morgan fingerprint density at radius 1 is 1.24 bits per heavy atom. The molecule has 0 saturated heterocycles. The van der Waals surface area contributed by atoms with Gasteiger partial charge in [-0.3, -0.25) is 4.79 Å². The zero-order chi connectivity index (χ0) is 15.4. The van der Waals surface area contributed by atoms with E-state index in [9.17, 15) is 9.18 Å². The van der Waals surface area contributed by atoms with Crippen LogP contribution in [-0.2, 0) is 6.54 Å². The second-order valence-electron chi connectivity index (χ2n) is 4.70. The van der Waals surface area contributed by atoms with Crippen molar-refractivity contribution < 1.29 is 9.18 Å². The van der Waals surface area contributed by atoms with E-state index in [0.29, 0.717) is 22.7 Å². The van der Waals surface area contributed by atoms with E-state index >= 15 is 0 Å². The highest BCUT2D eigenvalue weighted by Crippen LogP contribution is 2.19. The van der Waals surface area contributed by atoms with E-state index in [1.165, 1.54) is 6.07 Å². The number of benzene rings is 2. The van der Waals surface area contributed by atoms with Gasteiger partial charge in [0.2, 0.25) is 0 Å². The molecule has 0 spiro atoms. The first kappa shape index (κ1) is 15.3. The highest BCUT2D eigenvalue weighted by molar-refractivity contribution is 6.30. The first-order valence-corrected chi connectivity index (χ1v) is 6.89. The van der Waals surface area contributed by atoms with Crippen molar-refractivity contribution >= 4 is 23.2 Å². The molecule has 0 aliphatic carbocycles. The molecule has 0 heterocycles. The van der Waals surface area contributed by atoms with Crippen LogP contribution in [0, 0.1) is 12.7 Å². The summed E-state index contributed by atoms with van der Waals surface area (Å²) in [6.45, 7) is 2.25. The SMILES string of the molecule is CNC(=O)c1ccc(NCc2ccc(Cl)cc2F)c(C)c1. The quantitative estimate of drug-likeness (QED) is 0.903. The summed E-state index contributed by atoms with van der Waals surface area (Å²) < 4.78 is 13.7. The lowest BCUT2D eigenvalue weighted by molar-refractivity contribution is 0.0963. The van der Waals surface area contributed by atoms with Crippen LogP contribution in [0.1, 0.15) is 21.5 Å². The molecule has 0 aliphatic heterocycles. The van der Waals surface area contributed by atoms with Gasteiger partial charge in [0.25, 0.3) is 5.91 Å². The van der Waals surface area contributed by atoms with Gasteiger partial charge >= 0.3 is 0 Å². The van der Waals surface area contributed by atoms with Crippen LogP contribution in [0.15, 0.2) is 36.4 Å². The smallest absolute Gasteiger partial charge is 0.251 e. The molecule has 0 radical (unpaired) electrons. The summed E-state index contributed by atoms with van der Waals surface area (Å²) in [5, 5.41) is 6.11. The standard InChI is InChI=1S/C16H16ClFN2O/c1-10-7-11(16(21)19-2)4-6-15(10)20-9-12-3-5-13(17)8-14(12)18/h3-8,20H,9H2,1-2H3,(H,19,21). The van der Waals surface area contributed by atoms with Crippen LogP contribution < -0.4 is 10.6 Å². The normalized spacial score (nSPS) is 10.3. The van der Waals surface area contributed by atoms with Crippen molar-refractivity contribution in [3.63, 3.8) is 0 Å². The van der Waals surface area contributed by atoms with Gasteiger partial charge < -0.3 is 10.6 Å². The average molecular weight is 307 g/mol. The summed E-state index contributed by atoms with van der Waals surface area (Å²) in [5.41, 5.74) is 2.91. The average Bonchev–Trinajstić information content (AvgIpc) is 2.46. The predicted molar refractivity (Wildman–Crippen MR) is 83.3 cm³/mol. The van der Waals surface area contributed by atoms with Crippen molar-refractivity contribution in [2.24, 2.45) is 0 Å². The fourth-order valence-corrected chi connectivity index (χ4v) is 2.16. The number of hydrogen-bond donors (Lipinski definition) is 2. The van der Waals surface area contributed by atoms with E-state index in [4.69, 9.17) is 11.6 Å². The molecule has 0 atom stereocenters. The third kappa shape index (κ3) is 3.73. The lowest BCUT2D eigenvalue weighted by Gasteiger charge is -2.11. The largest absolute Gasteiger partial charge is 0.381 e. The highest BCUT2D eigenvalue weighted by atomic mass is 35.5. The molecule has 2 rings (SSSR count). The molecule has 1 amide bonds. The minimum absolute atomic E-state index is 0.131. The summed E-state index contributed by atoms with van der Waals surface area (Å²) in [7, 11) is 1.59. The van der Waals surface area contributed by atoms with Gasteiger partial charge in [0, 0.05) is 35.4 Å². The molecule has 0 unspecified atom stereocenters. The molecule has 0 aromatic heterocycles. The van der Waals surface area contributed by atoms with Crippen LogP contribution in [0.4, 0.5) is 10.1 Å². The van der Waals surface area contributed by atoms with Crippen molar-refractivity contribution in [1.82, 2.24) is 5.32 Å². The van der Waals surface area contributed by atoms with Gasteiger partial charge in [-0.25, -0.2) is 4.39 Å². The number of anilines is 1. The van der Waals surface area contributed by atoms with Gasteiger partial charge in [-0.05, 0) is 42.8 Å². The molecule has 2 N–H and O–H groups in total. The lowest BCUT2D eigenvalue weighted by atomic mass is 10.1. The molecule has 3 nitrogen and oxygen atoms in total. The van der Waals surface area contributed by atoms with Gasteiger partial charge in [0.15, 0.2) is 0 Å². The maximum atomic E-state index is 13.7. The van der Waals surface area contributed by atoms with E-state index in [1.807, 2.05) is 13.0 Å². The van der Waals surface area contributed by atoms with Gasteiger partial charge in [-0.1, -0.05) is 17.7 Å². The third-order valence-corrected chi connectivity index (χ3v) is 3.44. The molecule has 0 aliphatic rings. The van der Waals surface area contributed by atoms with E-state index in [0.717, 1.165) is 11.3 Å². The predicted octanol–water partition coefficient (Wildman–Crippen LogP) is 3.76. The minimum atomic E-state index is -0.338. The number of halogens is 2. The monoisotopic (exact) mass is 306 g/mol. The van der Waals surface area contributed by atoms with Crippen molar-refractivity contribution in [3.05, 3.63) is 63.9 Å². The van der Waals surface area contributed by atoms with Crippen LogP contribution in [0.5, 0.6) is 0 Å². The van der Waals surface area contributed by atoms with Gasteiger partial charge in [-0.15, -0.1) is 0 Å². The van der Waals surface area contributed by atoms with Crippen molar-refractivity contribution in [1.29, 1.82) is 0 Å². The van der Waals surface area contributed by atoms with E-state index in [-0.39, 0.29) is 11.7 Å². The van der Waals surface area contributed by atoms with Crippen LogP contribution in [0.25, 0.3) is 0 Å². The van der Waals surface area contributed by atoms with E-state index in [1.54, 1.807) is 31.3 Å². The maximum Gasteiger partial charge on any atom is 0.251 e. The molecule has 2 aromatic rings. The Hall–Kier alpha value is -2.07. The number of nitrogens with one attached hydrogen (secondary N) is 2. The first-order chi connectivity index (χ1) is 10.0. The molecular formula is C16H16ClFN2O. The molecule has 21 heavy (non-hydrogen) atoms. The van der Waals surface area contributed by atoms with Gasteiger partial charge in [0.1, 0.15) is 5.82 Å². The molecule has 2 aromatic carbocycles. The number of carbonyl (C=O) groups is 1. The van der Waals surface area contributed by atoms with Gasteiger partial charge in [-0.2, -0.15) is 0 Å². The Labute approximate surface area is 128 Å². The molecular weight excluding hydrogens is 291 g/mol. The molecule has 0 saturated carbocycles. The zero-order valence-corrected chi connectivity index (χ0v) is 12.6. The first-order valence-electron chi connectivity index (χ1n) is 6.52. The lowest BCUT2D eigenvalue weighted by Crippen LogP contribution is -2.17. The number of amides is 1. The number of carbonyl (C=O) groups excluding carboxylic acids is 1. The second-order valence-corrected chi connectivity index (χ2v) is 5.13. The number of aryl methyl sites for hydroxylation is 1. The Kier molecular flexibility index (Phi) is 4.81. The Balaban J connectivity index is 2.11. The third-order valence-electron chi connectivity index (χ3n) is 3.20. The van der Waals surface area contributed by atoms with E-state index < -0.39 is 0 Å². The van der Waals surface area contributed by atoms with Crippen molar-refractivity contribution in [3.8, 4) is 0 Å². The second kappa shape index (κ2) is 6.59.